The van der Waals surface area contributed by atoms with Crippen LogP contribution in [0.25, 0.3) is 0 Å². The lowest BCUT2D eigenvalue weighted by atomic mass is 10.2. The maximum absolute atomic E-state index is 11.9. The van der Waals surface area contributed by atoms with Crippen molar-refractivity contribution >= 4 is 17.5 Å². The molecule has 0 radical (unpaired) electrons. The summed E-state index contributed by atoms with van der Waals surface area (Å²) in [6, 6.07) is 14.2. The number of hydrogen-bond donors (Lipinski definition) is 2. The molecule has 0 unspecified atom stereocenters. The fourth-order valence-electron chi connectivity index (χ4n) is 2.43. The number of amides is 2. The van der Waals surface area contributed by atoms with Gasteiger partial charge in [0.2, 0.25) is 5.91 Å². The molecule has 3 rings (SSSR count). The highest BCUT2D eigenvalue weighted by Gasteiger charge is 2.21. The standard InChI is InChI=1S/C19H20N2O5/c1-13(22)21-14-6-8-15(9-7-14)24-12-19(23)20-10-16-11-25-17-4-2-3-5-18(17)26-16/h2-9,16H,10-12H2,1H3,(H,20,23)(H,21,22)/t16-/m0/s1. The van der Waals surface area contributed by atoms with Gasteiger partial charge < -0.3 is 24.8 Å². The summed E-state index contributed by atoms with van der Waals surface area (Å²) >= 11 is 0. The van der Waals surface area contributed by atoms with E-state index in [4.69, 9.17) is 14.2 Å². The highest BCUT2D eigenvalue weighted by atomic mass is 16.6. The first-order valence-electron chi connectivity index (χ1n) is 8.26. The molecule has 2 aromatic carbocycles. The number of ether oxygens (including phenoxy) is 3. The second kappa shape index (κ2) is 8.24. The average Bonchev–Trinajstić information content (AvgIpc) is 2.65. The number of carbonyl (C=O) groups is 2. The van der Waals surface area contributed by atoms with E-state index in [0.29, 0.717) is 36.1 Å². The van der Waals surface area contributed by atoms with E-state index < -0.39 is 0 Å². The number of nitrogens with one attached hydrogen (secondary N) is 2. The van der Waals surface area contributed by atoms with E-state index in [1.54, 1.807) is 24.3 Å². The van der Waals surface area contributed by atoms with Crippen LogP contribution in [0.2, 0.25) is 0 Å². The minimum absolute atomic E-state index is 0.107. The zero-order valence-corrected chi connectivity index (χ0v) is 14.4. The third-order valence-corrected chi connectivity index (χ3v) is 3.64. The first kappa shape index (κ1) is 17.6. The lowest BCUT2D eigenvalue weighted by Crippen LogP contribution is -2.42. The van der Waals surface area contributed by atoms with Crippen LogP contribution in [0.1, 0.15) is 6.92 Å². The summed E-state index contributed by atoms with van der Waals surface area (Å²) in [5, 5.41) is 5.43. The summed E-state index contributed by atoms with van der Waals surface area (Å²) in [5.41, 5.74) is 0.670. The van der Waals surface area contributed by atoms with Crippen molar-refractivity contribution in [3.63, 3.8) is 0 Å². The van der Waals surface area contributed by atoms with Crippen LogP contribution in [0.3, 0.4) is 0 Å². The van der Waals surface area contributed by atoms with Gasteiger partial charge in [-0.05, 0) is 36.4 Å². The van der Waals surface area contributed by atoms with E-state index in [-0.39, 0.29) is 24.5 Å². The molecule has 0 bridgehead atoms. The average molecular weight is 356 g/mol. The molecule has 0 saturated carbocycles. The second-order valence-corrected chi connectivity index (χ2v) is 5.80. The molecule has 2 N–H and O–H groups in total. The van der Waals surface area contributed by atoms with E-state index in [2.05, 4.69) is 10.6 Å². The lowest BCUT2D eigenvalue weighted by molar-refractivity contribution is -0.123. The molecule has 0 saturated heterocycles. The summed E-state index contributed by atoms with van der Waals surface area (Å²) in [6.45, 7) is 2.04. The molecule has 1 heterocycles. The van der Waals surface area contributed by atoms with Gasteiger partial charge in [-0.1, -0.05) is 12.1 Å². The van der Waals surface area contributed by atoms with Crippen molar-refractivity contribution in [3.8, 4) is 17.2 Å². The molecular weight excluding hydrogens is 336 g/mol. The Hall–Kier alpha value is -3.22. The van der Waals surface area contributed by atoms with Crippen molar-refractivity contribution in [3.05, 3.63) is 48.5 Å². The smallest absolute Gasteiger partial charge is 0.258 e. The number of benzene rings is 2. The molecule has 7 nitrogen and oxygen atoms in total. The Morgan fingerprint density at radius 3 is 2.58 bits per heavy atom. The molecule has 7 heteroatoms. The molecular formula is C19H20N2O5. The maximum Gasteiger partial charge on any atom is 0.258 e. The summed E-state index contributed by atoms with van der Waals surface area (Å²) in [4.78, 5) is 22.9. The molecule has 2 aromatic rings. The Bertz CT molecular complexity index is 776. The fraction of sp³-hybridized carbons (Fsp3) is 0.263. The van der Waals surface area contributed by atoms with E-state index in [1.807, 2.05) is 24.3 Å². The largest absolute Gasteiger partial charge is 0.486 e. The van der Waals surface area contributed by atoms with Crippen LogP contribution in [0.5, 0.6) is 17.2 Å². The van der Waals surface area contributed by atoms with Crippen LogP contribution in [-0.4, -0.2) is 37.7 Å². The molecule has 1 aliphatic rings. The monoisotopic (exact) mass is 356 g/mol. The zero-order valence-electron chi connectivity index (χ0n) is 14.4. The Morgan fingerprint density at radius 2 is 1.85 bits per heavy atom. The minimum Gasteiger partial charge on any atom is -0.486 e. The van der Waals surface area contributed by atoms with Gasteiger partial charge in [-0.2, -0.15) is 0 Å². The molecule has 136 valence electrons. The van der Waals surface area contributed by atoms with Crippen molar-refractivity contribution in [1.29, 1.82) is 0 Å². The van der Waals surface area contributed by atoms with Crippen molar-refractivity contribution in [1.82, 2.24) is 5.32 Å². The Morgan fingerprint density at radius 1 is 1.12 bits per heavy atom. The number of fused-ring (bicyclic) bond motifs is 1. The second-order valence-electron chi connectivity index (χ2n) is 5.80. The SMILES string of the molecule is CC(=O)Nc1ccc(OCC(=O)NC[C@H]2COc3ccccc3O2)cc1. The van der Waals surface area contributed by atoms with Crippen molar-refractivity contribution < 1.29 is 23.8 Å². The van der Waals surface area contributed by atoms with Gasteiger partial charge in [0.05, 0.1) is 6.54 Å². The number of para-hydroxylation sites is 2. The predicted molar refractivity (Wildman–Crippen MR) is 95.6 cm³/mol. The van der Waals surface area contributed by atoms with Crippen LogP contribution < -0.4 is 24.8 Å². The van der Waals surface area contributed by atoms with Gasteiger partial charge in [0.15, 0.2) is 18.1 Å². The topological polar surface area (TPSA) is 85.9 Å². The van der Waals surface area contributed by atoms with Gasteiger partial charge in [0.25, 0.3) is 5.91 Å². The van der Waals surface area contributed by atoms with Crippen LogP contribution in [0.15, 0.2) is 48.5 Å². The number of rotatable bonds is 6. The van der Waals surface area contributed by atoms with Crippen molar-refractivity contribution in [2.75, 3.05) is 25.1 Å². The van der Waals surface area contributed by atoms with Gasteiger partial charge in [-0.3, -0.25) is 9.59 Å². The number of anilines is 1. The molecule has 1 aliphatic heterocycles. The third kappa shape index (κ3) is 4.89. The summed E-state index contributed by atoms with van der Waals surface area (Å²) in [7, 11) is 0. The van der Waals surface area contributed by atoms with E-state index in [1.165, 1.54) is 6.92 Å². The van der Waals surface area contributed by atoms with Crippen molar-refractivity contribution in [2.45, 2.75) is 13.0 Å². The van der Waals surface area contributed by atoms with Crippen LogP contribution in [0.4, 0.5) is 5.69 Å². The van der Waals surface area contributed by atoms with Crippen LogP contribution in [0, 0.1) is 0 Å². The summed E-state index contributed by atoms with van der Waals surface area (Å²) in [6.07, 6.45) is -0.245. The van der Waals surface area contributed by atoms with Gasteiger partial charge in [0.1, 0.15) is 18.5 Å². The van der Waals surface area contributed by atoms with Crippen LogP contribution in [-0.2, 0) is 9.59 Å². The molecule has 26 heavy (non-hydrogen) atoms. The van der Waals surface area contributed by atoms with Gasteiger partial charge in [-0.15, -0.1) is 0 Å². The van der Waals surface area contributed by atoms with Gasteiger partial charge in [-0.25, -0.2) is 0 Å². The fourth-order valence-corrected chi connectivity index (χ4v) is 2.43. The third-order valence-electron chi connectivity index (χ3n) is 3.64. The summed E-state index contributed by atoms with van der Waals surface area (Å²) in [5.74, 6) is 1.53. The molecule has 1 atom stereocenters. The first-order valence-corrected chi connectivity index (χ1v) is 8.26. The van der Waals surface area contributed by atoms with Gasteiger partial charge >= 0.3 is 0 Å². The highest BCUT2D eigenvalue weighted by molar-refractivity contribution is 5.88. The minimum atomic E-state index is -0.251. The molecule has 2 amide bonds. The normalized spacial score (nSPS) is 15.0. The van der Waals surface area contributed by atoms with E-state index in [0.717, 1.165) is 0 Å². The maximum atomic E-state index is 11.9. The van der Waals surface area contributed by atoms with E-state index >= 15 is 0 Å². The summed E-state index contributed by atoms with van der Waals surface area (Å²) < 4.78 is 16.8. The van der Waals surface area contributed by atoms with Crippen molar-refractivity contribution in [2.24, 2.45) is 0 Å². The highest BCUT2D eigenvalue weighted by Crippen LogP contribution is 2.30. The molecule has 0 aliphatic carbocycles. The predicted octanol–water partition coefficient (Wildman–Crippen LogP) is 1.98. The number of carbonyl (C=O) groups excluding carboxylic acids is 2. The van der Waals surface area contributed by atoms with Gasteiger partial charge in [0, 0.05) is 12.6 Å². The molecule has 0 aromatic heterocycles. The van der Waals surface area contributed by atoms with E-state index in [9.17, 15) is 9.59 Å². The lowest BCUT2D eigenvalue weighted by Gasteiger charge is -2.26. The van der Waals surface area contributed by atoms with Crippen LogP contribution >= 0.6 is 0 Å². The number of hydrogen-bond acceptors (Lipinski definition) is 5. The zero-order chi connectivity index (χ0) is 18.4. The Kier molecular flexibility index (Phi) is 5.58. The quantitative estimate of drug-likeness (QED) is 0.827. The first-order chi connectivity index (χ1) is 12.6. The Balaban J connectivity index is 1.40. The Labute approximate surface area is 151 Å². The molecule has 0 spiro atoms. The molecule has 0 fully saturated rings.